The zero-order valence-electron chi connectivity index (χ0n) is 20.2. The molecule has 2 aliphatic heterocycles. The maximum Gasteiger partial charge on any atom is 0.196 e. The number of hydrogen-bond acceptors (Lipinski definition) is 6. The molecular formula is C28H34N6O. The van der Waals surface area contributed by atoms with Crippen LogP contribution in [0.25, 0.3) is 17.0 Å². The number of benzene rings is 2. The highest BCUT2D eigenvalue weighted by Crippen LogP contribution is 2.40. The molecular weight excluding hydrogens is 436 g/mol. The molecule has 35 heavy (non-hydrogen) atoms. The number of H-pyrrole nitrogens is 1. The first-order chi connectivity index (χ1) is 17.2. The molecule has 2 unspecified atom stereocenters. The van der Waals surface area contributed by atoms with E-state index in [9.17, 15) is 0 Å². The van der Waals surface area contributed by atoms with Gasteiger partial charge in [0.1, 0.15) is 11.6 Å². The van der Waals surface area contributed by atoms with Gasteiger partial charge in [-0.2, -0.15) is 0 Å². The second-order valence-electron chi connectivity index (χ2n) is 8.98. The molecule has 1 fully saturated rings. The summed E-state index contributed by atoms with van der Waals surface area (Å²) in [6, 6.07) is 15.0. The summed E-state index contributed by atoms with van der Waals surface area (Å²) in [4.78, 5) is 8.09. The molecule has 7 nitrogen and oxygen atoms in total. The first kappa shape index (κ1) is 23.2. The Morgan fingerprint density at radius 3 is 2.89 bits per heavy atom. The summed E-state index contributed by atoms with van der Waals surface area (Å²) in [7, 11) is 0. The van der Waals surface area contributed by atoms with E-state index in [1.807, 2.05) is 18.3 Å². The van der Waals surface area contributed by atoms with Gasteiger partial charge >= 0.3 is 0 Å². The lowest BCUT2D eigenvalue weighted by Gasteiger charge is -2.15. The average Bonchev–Trinajstić information content (AvgIpc) is 3.66. The molecule has 0 radical (unpaired) electrons. The quantitative estimate of drug-likeness (QED) is 0.161. The van der Waals surface area contributed by atoms with E-state index in [1.54, 1.807) is 6.08 Å². The fourth-order valence-electron chi connectivity index (χ4n) is 4.58. The minimum absolute atomic E-state index is 0.222. The number of fused-ring (bicyclic) bond motifs is 1. The Morgan fingerprint density at radius 1 is 1.23 bits per heavy atom. The van der Waals surface area contributed by atoms with Gasteiger partial charge in [0, 0.05) is 16.8 Å². The number of hydrogen-bond donors (Lipinski definition) is 5. The first-order valence-electron chi connectivity index (χ1n) is 12.5. The largest absolute Gasteiger partial charge is 0.464 e. The smallest absolute Gasteiger partial charge is 0.196 e. The number of nitrogens with one attached hydrogen (secondary N) is 5. The Hall–Kier alpha value is -3.55. The summed E-state index contributed by atoms with van der Waals surface area (Å²) >= 11 is 0. The summed E-state index contributed by atoms with van der Waals surface area (Å²) in [5, 5.41) is 13.8. The van der Waals surface area contributed by atoms with E-state index >= 15 is 0 Å². The van der Waals surface area contributed by atoms with Crippen LogP contribution in [-0.2, 0) is 0 Å². The lowest BCUT2D eigenvalue weighted by atomic mass is 10.1. The van der Waals surface area contributed by atoms with Crippen molar-refractivity contribution in [2.45, 2.75) is 38.5 Å². The Morgan fingerprint density at radius 2 is 2.11 bits per heavy atom. The molecule has 2 atom stereocenters. The second kappa shape index (κ2) is 10.8. The molecule has 182 valence electrons. The lowest BCUT2D eigenvalue weighted by Crippen LogP contribution is -2.28. The normalized spacial score (nSPS) is 19.2. The van der Waals surface area contributed by atoms with E-state index in [0.29, 0.717) is 6.04 Å². The van der Waals surface area contributed by atoms with Crippen LogP contribution < -0.4 is 26.0 Å². The van der Waals surface area contributed by atoms with Gasteiger partial charge in [0.15, 0.2) is 6.23 Å². The van der Waals surface area contributed by atoms with Crippen LogP contribution in [0.1, 0.15) is 55.4 Å². The fourth-order valence-corrected chi connectivity index (χ4v) is 4.58. The molecule has 7 heteroatoms. The van der Waals surface area contributed by atoms with Gasteiger partial charge in [0.25, 0.3) is 0 Å². The van der Waals surface area contributed by atoms with Gasteiger partial charge in [-0.3, -0.25) is 0 Å². The number of aromatic amines is 1. The van der Waals surface area contributed by atoms with Crippen molar-refractivity contribution >= 4 is 11.4 Å². The fraction of sp³-hybridized carbons (Fsp3) is 0.321. The molecule has 0 aliphatic carbocycles. The third-order valence-corrected chi connectivity index (χ3v) is 6.45. The maximum atomic E-state index is 6.21. The maximum absolute atomic E-state index is 6.21. The zero-order valence-corrected chi connectivity index (χ0v) is 20.2. The molecule has 0 bridgehead atoms. The molecule has 2 aliphatic rings. The van der Waals surface area contributed by atoms with Gasteiger partial charge in [-0.1, -0.05) is 43.8 Å². The number of nitrogens with zero attached hydrogens (tertiary/aromatic N) is 1. The first-order valence-corrected chi connectivity index (χ1v) is 12.5. The van der Waals surface area contributed by atoms with Gasteiger partial charge in [0.2, 0.25) is 0 Å². The van der Waals surface area contributed by atoms with E-state index in [1.165, 1.54) is 6.42 Å². The van der Waals surface area contributed by atoms with Crippen molar-refractivity contribution in [2.75, 3.05) is 25.1 Å². The summed E-state index contributed by atoms with van der Waals surface area (Å²) in [5.41, 5.74) is 6.32. The van der Waals surface area contributed by atoms with Crippen LogP contribution in [0.2, 0.25) is 0 Å². The molecule has 1 saturated heterocycles. The number of rotatable bonds is 10. The molecule has 0 amide bonds. The second-order valence-corrected chi connectivity index (χ2v) is 8.98. The summed E-state index contributed by atoms with van der Waals surface area (Å²) in [6.07, 6.45) is 8.93. The van der Waals surface area contributed by atoms with Gasteiger partial charge in [0.05, 0.1) is 30.3 Å². The highest BCUT2D eigenvalue weighted by molar-refractivity contribution is 5.72. The van der Waals surface area contributed by atoms with Crippen LogP contribution in [0.4, 0.5) is 5.69 Å². The molecule has 2 aromatic carbocycles. The summed E-state index contributed by atoms with van der Waals surface area (Å²) < 4.78 is 6.21. The van der Waals surface area contributed by atoms with Crippen molar-refractivity contribution < 1.29 is 4.74 Å². The lowest BCUT2D eigenvalue weighted by molar-refractivity contribution is 0.260. The Kier molecular flexibility index (Phi) is 7.16. The number of anilines is 1. The third-order valence-electron chi connectivity index (χ3n) is 6.45. The van der Waals surface area contributed by atoms with Crippen LogP contribution in [0.3, 0.4) is 0 Å². The molecule has 5 rings (SSSR count). The highest BCUT2D eigenvalue weighted by Gasteiger charge is 2.25. The monoisotopic (exact) mass is 470 g/mol. The summed E-state index contributed by atoms with van der Waals surface area (Å²) in [5.74, 6) is 1.87. The number of ether oxygens (including phenoxy) is 1. The van der Waals surface area contributed by atoms with Crippen molar-refractivity contribution in [1.82, 2.24) is 25.9 Å². The molecule has 5 N–H and O–H groups in total. The molecule has 0 saturated carbocycles. The van der Waals surface area contributed by atoms with Crippen molar-refractivity contribution in [1.29, 1.82) is 0 Å². The predicted octanol–water partition coefficient (Wildman–Crippen LogP) is 5.08. The Labute approximate surface area is 207 Å². The van der Waals surface area contributed by atoms with Gasteiger partial charge in [-0.15, -0.1) is 0 Å². The molecule has 3 aromatic rings. The molecule has 0 spiro atoms. The van der Waals surface area contributed by atoms with Crippen molar-refractivity contribution in [3.8, 4) is 17.0 Å². The third kappa shape index (κ3) is 5.26. The predicted molar refractivity (Wildman–Crippen MR) is 142 cm³/mol. The van der Waals surface area contributed by atoms with Crippen LogP contribution in [-0.4, -0.2) is 29.7 Å². The van der Waals surface area contributed by atoms with Gasteiger partial charge < -0.3 is 31.0 Å². The Balaban J connectivity index is 1.25. The van der Waals surface area contributed by atoms with Crippen LogP contribution in [0, 0.1) is 0 Å². The van der Waals surface area contributed by atoms with E-state index in [-0.39, 0.29) is 6.23 Å². The van der Waals surface area contributed by atoms with Crippen LogP contribution >= 0.6 is 0 Å². The van der Waals surface area contributed by atoms with Crippen LogP contribution in [0.5, 0.6) is 5.75 Å². The van der Waals surface area contributed by atoms with Crippen molar-refractivity contribution in [3.05, 3.63) is 84.3 Å². The van der Waals surface area contributed by atoms with Gasteiger partial charge in [-0.05, 0) is 62.2 Å². The standard InChI is InChI=1S/C28H34N6O/c1-3-6-22(32-18-29-14-4-2)19-8-10-20(11-9-19)28-34-24-16-21(12-13-26(24)35-28)25-17-31-27(33-25)23-7-5-15-30-23/h3,6,8-13,16-17,23,28-30,32,34H,1,4-5,7,14-15,18H2,2H3,(H,31,33)/b22-6-. The van der Waals surface area contributed by atoms with E-state index in [0.717, 1.165) is 77.9 Å². The highest BCUT2D eigenvalue weighted by atomic mass is 16.5. The van der Waals surface area contributed by atoms with E-state index in [4.69, 9.17) is 4.74 Å². The average molecular weight is 471 g/mol. The SMILES string of the molecule is C=C/C=C(\NCNCCC)c1ccc(C2Nc3cc(-c4cnc(C5CCCN5)[nH]4)ccc3O2)cc1. The Bertz CT molecular complexity index is 1180. The minimum Gasteiger partial charge on any atom is -0.464 e. The minimum atomic E-state index is -0.222. The topological polar surface area (TPSA) is 86.0 Å². The van der Waals surface area contributed by atoms with Crippen molar-refractivity contribution in [2.24, 2.45) is 0 Å². The number of aromatic nitrogens is 2. The van der Waals surface area contributed by atoms with E-state index < -0.39 is 0 Å². The van der Waals surface area contributed by atoms with Crippen LogP contribution in [0.15, 0.2) is 67.4 Å². The molecule has 3 heterocycles. The number of allylic oxidation sites excluding steroid dienone is 2. The zero-order chi connectivity index (χ0) is 24.0. The van der Waals surface area contributed by atoms with Gasteiger partial charge in [-0.25, -0.2) is 4.98 Å². The molecule has 1 aromatic heterocycles. The van der Waals surface area contributed by atoms with Crippen molar-refractivity contribution in [3.63, 3.8) is 0 Å². The van der Waals surface area contributed by atoms with E-state index in [2.05, 4.69) is 81.1 Å². The summed E-state index contributed by atoms with van der Waals surface area (Å²) in [6.45, 7) is 8.77. The number of imidazole rings is 1.